The van der Waals surface area contributed by atoms with Crippen molar-refractivity contribution in [3.63, 3.8) is 0 Å². The molecule has 7 heteroatoms. The van der Waals surface area contributed by atoms with E-state index in [0.29, 0.717) is 11.1 Å². The molecule has 3 rings (SSSR count). The fraction of sp³-hybridized carbons (Fsp3) is 0.267. The van der Waals surface area contributed by atoms with Crippen LogP contribution < -0.4 is 0 Å². The van der Waals surface area contributed by atoms with Crippen molar-refractivity contribution in [1.82, 2.24) is 9.55 Å². The molecular weight excluding hydrogens is 327 g/mol. The third kappa shape index (κ3) is 1.96. The quantitative estimate of drug-likeness (QED) is 0.637. The minimum Gasteiger partial charge on any atom is -0.460 e. The minimum atomic E-state index is -1.64. The van der Waals surface area contributed by atoms with Gasteiger partial charge in [-0.05, 0) is 12.5 Å². The summed E-state index contributed by atoms with van der Waals surface area (Å²) in [5.41, 5.74) is 1.08. The second kappa shape index (κ2) is 5.41. The van der Waals surface area contributed by atoms with Gasteiger partial charge in [0.05, 0.1) is 6.61 Å². The normalized spacial score (nSPS) is 23.4. The number of fused-ring (bicyclic) bond motifs is 1. The average molecular weight is 339 g/mol. The van der Waals surface area contributed by atoms with Crippen LogP contribution in [-0.4, -0.2) is 27.9 Å². The number of carbonyl (C=O) groups is 2. The molecule has 1 aromatic heterocycles. The van der Waals surface area contributed by atoms with Crippen LogP contribution in [0, 0.1) is 0 Å². The maximum atomic E-state index is 12.7. The number of carbonyl (C=O) groups excluding carboxylic acids is 2. The fourth-order valence-electron chi connectivity index (χ4n) is 2.58. The first-order chi connectivity index (χ1) is 10.5. The zero-order valence-electron chi connectivity index (χ0n) is 11.6. The van der Waals surface area contributed by atoms with Gasteiger partial charge in [-0.3, -0.25) is 9.36 Å². The molecule has 1 aromatic carbocycles. The van der Waals surface area contributed by atoms with Gasteiger partial charge in [-0.2, -0.15) is 0 Å². The third-order valence-corrected chi connectivity index (χ3v) is 4.82. The number of alkyl halides is 2. The van der Waals surface area contributed by atoms with Crippen molar-refractivity contribution in [2.45, 2.75) is 17.3 Å². The Bertz CT molecular complexity index is 759. The van der Waals surface area contributed by atoms with Crippen LogP contribution in [0.5, 0.6) is 0 Å². The van der Waals surface area contributed by atoms with Crippen LogP contribution in [0.1, 0.15) is 38.8 Å². The summed E-state index contributed by atoms with van der Waals surface area (Å²) in [6.07, 6.45) is 2.84. The van der Waals surface area contributed by atoms with E-state index >= 15 is 0 Å². The molecule has 0 N–H and O–H groups in total. The van der Waals surface area contributed by atoms with Crippen molar-refractivity contribution in [3.05, 3.63) is 53.6 Å². The van der Waals surface area contributed by atoms with Crippen LogP contribution in [0.15, 0.2) is 36.7 Å². The smallest absolute Gasteiger partial charge is 0.374 e. The highest BCUT2D eigenvalue weighted by atomic mass is 35.5. The summed E-state index contributed by atoms with van der Waals surface area (Å²) in [6.45, 7) is 1.88. The lowest BCUT2D eigenvalue weighted by Gasteiger charge is -2.26. The predicted molar refractivity (Wildman–Crippen MR) is 81.4 cm³/mol. The second-order valence-electron chi connectivity index (χ2n) is 4.79. The SMILES string of the molecule is CCOC(=O)c1nccn1C1(Cl)C(=O)c2ccccc2C1Cl. The predicted octanol–water partition coefficient (Wildman–Crippen LogP) is 3.13. The molecule has 0 radical (unpaired) electrons. The first kappa shape index (κ1) is 15.1. The standard InChI is InChI=1S/C15H12Cl2N2O3/c1-2-22-14(21)13-18-7-8-19(13)15(17)11(16)9-5-3-4-6-10(9)12(15)20/h3-8,11H,2H2,1H3. The lowest BCUT2D eigenvalue weighted by Crippen LogP contribution is -2.37. The number of halogens is 2. The number of benzene rings is 1. The number of aromatic nitrogens is 2. The molecule has 0 aliphatic heterocycles. The summed E-state index contributed by atoms with van der Waals surface area (Å²) in [4.78, 5) is 27.1. The summed E-state index contributed by atoms with van der Waals surface area (Å²) in [5.74, 6) is -1.07. The van der Waals surface area contributed by atoms with Gasteiger partial charge in [0.15, 0.2) is 0 Å². The highest BCUT2D eigenvalue weighted by Gasteiger charge is 2.54. The molecule has 22 heavy (non-hydrogen) atoms. The van der Waals surface area contributed by atoms with Crippen LogP contribution in [0.25, 0.3) is 0 Å². The topological polar surface area (TPSA) is 61.2 Å². The molecule has 0 saturated heterocycles. The second-order valence-corrected chi connectivity index (χ2v) is 5.81. The van der Waals surface area contributed by atoms with Gasteiger partial charge in [0.1, 0.15) is 5.38 Å². The molecule has 0 spiro atoms. The Hall–Kier alpha value is -1.85. The molecule has 2 unspecified atom stereocenters. The molecule has 1 aliphatic rings. The van der Waals surface area contributed by atoms with Crippen molar-refractivity contribution in [1.29, 1.82) is 0 Å². The number of hydrogen-bond donors (Lipinski definition) is 0. The lowest BCUT2D eigenvalue weighted by molar-refractivity contribution is 0.0501. The maximum absolute atomic E-state index is 12.7. The number of imidazole rings is 1. The molecule has 2 aromatic rings. The number of esters is 1. The summed E-state index contributed by atoms with van der Waals surface area (Å²) >= 11 is 13.0. The van der Waals surface area contributed by atoms with E-state index in [4.69, 9.17) is 27.9 Å². The first-order valence-electron chi connectivity index (χ1n) is 6.69. The van der Waals surface area contributed by atoms with E-state index in [1.165, 1.54) is 17.0 Å². The maximum Gasteiger partial charge on any atom is 0.374 e. The van der Waals surface area contributed by atoms with E-state index in [-0.39, 0.29) is 18.2 Å². The van der Waals surface area contributed by atoms with Crippen molar-refractivity contribution in [2.75, 3.05) is 6.61 Å². The molecule has 0 amide bonds. The van der Waals surface area contributed by atoms with Gasteiger partial charge in [-0.15, -0.1) is 11.6 Å². The molecular formula is C15H12Cl2N2O3. The number of ketones is 1. The average Bonchev–Trinajstić information content (AvgIpc) is 3.08. The van der Waals surface area contributed by atoms with Gasteiger partial charge in [-0.1, -0.05) is 35.9 Å². The van der Waals surface area contributed by atoms with E-state index in [2.05, 4.69) is 4.98 Å². The number of rotatable bonds is 3. The van der Waals surface area contributed by atoms with Gasteiger partial charge in [0.25, 0.3) is 0 Å². The summed E-state index contributed by atoms with van der Waals surface area (Å²) < 4.78 is 6.23. The number of nitrogens with zero attached hydrogens (tertiary/aromatic N) is 2. The summed E-state index contributed by atoms with van der Waals surface area (Å²) in [5, 5.41) is -0.819. The monoisotopic (exact) mass is 338 g/mol. The van der Waals surface area contributed by atoms with E-state index in [1.54, 1.807) is 31.2 Å². The first-order valence-corrected chi connectivity index (χ1v) is 7.51. The number of ether oxygens (including phenoxy) is 1. The van der Waals surface area contributed by atoms with Gasteiger partial charge in [-0.25, -0.2) is 9.78 Å². The highest BCUT2D eigenvalue weighted by molar-refractivity contribution is 6.43. The largest absolute Gasteiger partial charge is 0.460 e. The third-order valence-electron chi connectivity index (χ3n) is 3.58. The molecule has 1 heterocycles. The molecule has 1 aliphatic carbocycles. The fourth-order valence-corrected chi connectivity index (χ4v) is 3.33. The Labute approximate surface area is 136 Å². The molecule has 0 bridgehead atoms. The van der Waals surface area contributed by atoms with Crippen LogP contribution in [0.2, 0.25) is 0 Å². The summed E-state index contributed by atoms with van der Waals surface area (Å²) in [7, 11) is 0. The molecule has 114 valence electrons. The Morgan fingerprint density at radius 1 is 1.45 bits per heavy atom. The van der Waals surface area contributed by atoms with E-state index in [9.17, 15) is 9.59 Å². The van der Waals surface area contributed by atoms with Gasteiger partial charge < -0.3 is 4.74 Å². The van der Waals surface area contributed by atoms with Gasteiger partial charge in [0, 0.05) is 18.0 Å². The molecule has 0 saturated carbocycles. The molecule has 2 atom stereocenters. The Morgan fingerprint density at radius 2 is 2.18 bits per heavy atom. The van der Waals surface area contributed by atoms with Crippen LogP contribution in [-0.2, 0) is 9.73 Å². The Morgan fingerprint density at radius 3 is 2.86 bits per heavy atom. The molecule has 0 fully saturated rings. The lowest BCUT2D eigenvalue weighted by atomic mass is 10.1. The van der Waals surface area contributed by atoms with Crippen LogP contribution in [0.4, 0.5) is 0 Å². The van der Waals surface area contributed by atoms with Crippen molar-refractivity contribution < 1.29 is 14.3 Å². The van der Waals surface area contributed by atoms with Crippen molar-refractivity contribution in [3.8, 4) is 0 Å². The van der Waals surface area contributed by atoms with E-state index in [1.807, 2.05) is 0 Å². The van der Waals surface area contributed by atoms with E-state index < -0.39 is 16.3 Å². The van der Waals surface area contributed by atoms with Crippen molar-refractivity contribution >= 4 is 35.0 Å². The number of Topliss-reactive ketones (excluding diaryl/α,β-unsaturated/α-hetero) is 1. The van der Waals surface area contributed by atoms with Crippen molar-refractivity contribution in [2.24, 2.45) is 0 Å². The van der Waals surface area contributed by atoms with Gasteiger partial charge >= 0.3 is 5.97 Å². The number of hydrogen-bond acceptors (Lipinski definition) is 4. The Balaban J connectivity index is 2.12. The zero-order chi connectivity index (χ0) is 15.9. The van der Waals surface area contributed by atoms with E-state index in [0.717, 1.165) is 0 Å². The van der Waals surface area contributed by atoms with Gasteiger partial charge in [0.2, 0.25) is 16.6 Å². The summed E-state index contributed by atoms with van der Waals surface area (Å²) in [6, 6.07) is 6.93. The van der Waals surface area contributed by atoms with Crippen LogP contribution in [0.3, 0.4) is 0 Å². The minimum absolute atomic E-state index is 0.0522. The Kier molecular flexibility index (Phi) is 3.70. The zero-order valence-corrected chi connectivity index (χ0v) is 13.1. The van der Waals surface area contributed by atoms with Crippen LogP contribution >= 0.6 is 23.2 Å². The molecule has 5 nitrogen and oxygen atoms in total. The highest BCUT2D eigenvalue weighted by Crippen LogP contribution is 2.51.